The van der Waals surface area contributed by atoms with Gasteiger partial charge in [0.2, 0.25) is 5.91 Å². The summed E-state index contributed by atoms with van der Waals surface area (Å²) in [5.74, 6) is 0.647. The average Bonchev–Trinajstić information content (AvgIpc) is 3.06. The molecule has 2 unspecified atom stereocenters. The first-order chi connectivity index (χ1) is 13.1. The molecule has 0 saturated carbocycles. The molecular formula is C21H26N4O2. The van der Waals surface area contributed by atoms with Crippen molar-refractivity contribution in [2.75, 3.05) is 39.8 Å². The lowest BCUT2D eigenvalue weighted by molar-refractivity contribution is -0.128. The van der Waals surface area contributed by atoms with Crippen LogP contribution in [0, 0.1) is 5.92 Å². The molecule has 1 aromatic rings. The number of nitrogens with zero attached hydrogens (tertiary/aromatic N) is 3. The zero-order valence-corrected chi connectivity index (χ0v) is 15.7. The van der Waals surface area contributed by atoms with Crippen molar-refractivity contribution >= 4 is 17.6 Å². The van der Waals surface area contributed by atoms with E-state index in [0.717, 1.165) is 37.8 Å². The van der Waals surface area contributed by atoms with Gasteiger partial charge >= 0.3 is 0 Å². The number of rotatable bonds is 3. The van der Waals surface area contributed by atoms with E-state index in [0.29, 0.717) is 18.8 Å². The third-order valence-electron chi connectivity index (χ3n) is 6.31. The van der Waals surface area contributed by atoms with Crippen molar-refractivity contribution in [3.63, 3.8) is 0 Å². The van der Waals surface area contributed by atoms with Gasteiger partial charge in [-0.3, -0.25) is 15.1 Å². The second-order valence-corrected chi connectivity index (χ2v) is 8.10. The minimum Gasteiger partial charge on any atom is -0.507 e. The number of nitrogens with one attached hydrogen (secondary N) is 1. The molecule has 2 aliphatic carbocycles. The van der Waals surface area contributed by atoms with Crippen LogP contribution in [0.15, 0.2) is 24.3 Å². The fourth-order valence-corrected chi connectivity index (χ4v) is 4.87. The summed E-state index contributed by atoms with van der Waals surface area (Å²) in [6.07, 6.45) is 7.46. The second-order valence-electron chi connectivity index (χ2n) is 8.10. The molecular weight excluding hydrogens is 340 g/mol. The number of hydrogen-bond donors (Lipinski definition) is 2. The van der Waals surface area contributed by atoms with Crippen molar-refractivity contribution in [2.45, 2.75) is 19.0 Å². The second kappa shape index (κ2) is 6.48. The summed E-state index contributed by atoms with van der Waals surface area (Å²) in [6.45, 7) is 5.04. The highest BCUT2D eigenvalue weighted by atomic mass is 16.3. The minimum absolute atomic E-state index is 0.0654. The van der Waals surface area contributed by atoms with Crippen LogP contribution in [0.4, 0.5) is 0 Å². The van der Waals surface area contributed by atoms with Crippen LogP contribution in [0.2, 0.25) is 0 Å². The van der Waals surface area contributed by atoms with Gasteiger partial charge in [-0.25, -0.2) is 5.01 Å². The number of carbonyl (C=O) groups excluding carboxylic acids is 1. The topological polar surface area (TPSA) is 59.0 Å². The maximum Gasteiger partial charge on any atom is 0.248 e. The van der Waals surface area contributed by atoms with Crippen LogP contribution in [-0.4, -0.2) is 71.6 Å². The number of hydrazine groups is 1. The zero-order chi connectivity index (χ0) is 18.5. The van der Waals surface area contributed by atoms with Crippen molar-refractivity contribution in [3.8, 4) is 5.75 Å². The molecule has 0 aromatic heterocycles. The van der Waals surface area contributed by atoms with Crippen LogP contribution in [0.3, 0.4) is 0 Å². The number of benzene rings is 1. The molecule has 142 valence electrons. The molecule has 1 amide bonds. The van der Waals surface area contributed by atoms with E-state index in [2.05, 4.69) is 45.5 Å². The number of piperazine rings is 1. The van der Waals surface area contributed by atoms with Crippen LogP contribution >= 0.6 is 0 Å². The van der Waals surface area contributed by atoms with Gasteiger partial charge in [-0.2, -0.15) is 0 Å². The molecule has 2 aliphatic heterocycles. The number of aromatic hydroxyl groups is 1. The average molecular weight is 366 g/mol. The van der Waals surface area contributed by atoms with Crippen LogP contribution in [0.5, 0.6) is 5.75 Å². The van der Waals surface area contributed by atoms with Crippen LogP contribution in [-0.2, 0) is 11.3 Å². The third-order valence-corrected chi connectivity index (χ3v) is 6.31. The number of hydrogen-bond acceptors (Lipinski definition) is 5. The van der Waals surface area contributed by atoms with E-state index in [1.54, 1.807) is 6.07 Å². The van der Waals surface area contributed by atoms with Crippen molar-refractivity contribution < 1.29 is 9.90 Å². The Morgan fingerprint density at radius 1 is 1.26 bits per heavy atom. The first-order valence-corrected chi connectivity index (χ1v) is 9.80. The normalized spacial score (nSPS) is 27.4. The van der Waals surface area contributed by atoms with E-state index < -0.39 is 0 Å². The number of carbonyl (C=O) groups is 1. The summed E-state index contributed by atoms with van der Waals surface area (Å²) in [5.41, 5.74) is 5.69. The van der Waals surface area contributed by atoms with Gasteiger partial charge in [-0.15, -0.1) is 0 Å². The molecule has 27 heavy (non-hydrogen) atoms. The van der Waals surface area contributed by atoms with Gasteiger partial charge in [0.15, 0.2) is 0 Å². The molecule has 2 heterocycles. The summed E-state index contributed by atoms with van der Waals surface area (Å²) in [4.78, 5) is 17.2. The Morgan fingerprint density at radius 3 is 2.89 bits per heavy atom. The third kappa shape index (κ3) is 2.88. The minimum atomic E-state index is 0.0654. The highest BCUT2D eigenvalue weighted by Gasteiger charge is 2.36. The van der Waals surface area contributed by atoms with E-state index in [1.807, 2.05) is 6.07 Å². The predicted molar refractivity (Wildman–Crippen MR) is 104 cm³/mol. The van der Waals surface area contributed by atoms with E-state index in [9.17, 15) is 9.90 Å². The summed E-state index contributed by atoms with van der Waals surface area (Å²) in [5, 5.41) is 14.5. The van der Waals surface area contributed by atoms with E-state index in [-0.39, 0.29) is 17.9 Å². The molecule has 6 heteroatoms. The summed E-state index contributed by atoms with van der Waals surface area (Å²) < 4.78 is 0. The van der Waals surface area contributed by atoms with Crippen LogP contribution in [0.25, 0.3) is 11.6 Å². The Kier molecular flexibility index (Phi) is 4.07. The number of phenols is 1. The number of phenolic OH excluding ortho intramolecular Hbond substituents is 1. The van der Waals surface area contributed by atoms with Crippen molar-refractivity contribution in [1.29, 1.82) is 0 Å². The molecule has 0 radical (unpaired) electrons. The summed E-state index contributed by atoms with van der Waals surface area (Å²) >= 11 is 0. The van der Waals surface area contributed by atoms with Gasteiger partial charge in [0, 0.05) is 43.9 Å². The number of allylic oxidation sites excluding steroid dienone is 1. The van der Waals surface area contributed by atoms with Crippen molar-refractivity contribution in [3.05, 3.63) is 40.3 Å². The molecule has 2 atom stereocenters. The molecule has 5 rings (SSSR count). The van der Waals surface area contributed by atoms with Gasteiger partial charge < -0.3 is 10.0 Å². The largest absolute Gasteiger partial charge is 0.507 e. The summed E-state index contributed by atoms with van der Waals surface area (Å²) in [7, 11) is 2.12. The Bertz CT molecular complexity index is 930. The van der Waals surface area contributed by atoms with Gasteiger partial charge in [-0.1, -0.05) is 24.3 Å². The van der Waals surface area contributed by atoms with Crippen molar-refractivity contribution in [2.24, 2.45) is 5.92 Å². The molecule has 2 N–H and O–H groups in total. The molecule has 1 aromatic carbocycles. The molecule has 6 nitrogen and oxygen atoms in total. The lowest BCUT2D eigenvalue weighted by Gasteiger charge is -2.39. The fourth-order valence-electron chi connectivity index (χ4n) is 4.87. The Labute approximate surface area is 159 Å². The first-order valence-electron chi connectivity index (χ1n) is 9.80. The number of amides is 1. The van der Waals surface area contributed by atoms with E-state index >= 15 is 0 Å². The van der Waals surface area contributed by atoms with Gasteiger partial charge in [0.25, 0.3) is 0 Å². The first kappa shape index (κ1) is 17.0. The fraction of sp³-hybridized carbons (Fsp3) is 0.476. The standard InChI is InChI=1S/C21H26N4O2/c1-23-7-9-24(10-8-23)13-19(27)22-25-12-15-5-6-18(26)16-11-14-3-2-4-17(25)21(14)20(15)16/h2-3,5-6,11,14,17,26H,4,7-10,12-13H2,1H3,(H,22,27). The van der Waals surface area contributed by atoms with Gasteiger partial charge in [-0.05, 0) is 35.9 Å². The number of likely N-dealkylation sites (N-methyl/N-ethyl adjacent to an activating group) is 1. The highest BCUT2D eigenvalue weighted by Crippen LogP contribution is 2.34. The Hall–Kier alpha value is -2.15. The van der Waals surface area contributed by atoms with Gasteiger partial charge in [0.1, 0.15) is 5.75 Å². The van der Waals surface area contributed by atoms with E-state index in [4.69, 9.17) is 0 Å². The molecule has 1 saturated heterocycles. The van der Waals surface area contributed by atoms with E-state index in [1.165, 1.54) is 16.4 Å². The van der Waals surface area contributed by atoms with Gasteiger partial charge in [0.05, 0.1) is 12.6 Å². The van der Waals surface area contributed by atoms with Crippen LogP contribution < -0.4 is 15.9 Å². The molecule has 0 bridgehead atoms. The lowest BCUT2D eigenvalue weighted by Crippen LogP contribution is -2.57. The predicted octanol–water partition coefficient (Wildman–Crippen LogP) is -0.624. The molecule has 0 spiro atoms. The quantitative estimate of drug-likeness (QED) is 0.698. The molecule has 4 aliphatic rings. The van der Waals surface area contributed by atoms with Crippen molar-refractivity contribution in [1.82, 2.24) is 20.2 Å². The summed E-state index contributed by atoms with van der Waals surface area (Å²) in [6, 6.07) is 3.94. The maximum atomic E-state index is 12.7. The SMILES string of the molecule is CN1CCN(CC(=O)NN2Cc3ccc(O)c4c3=C3C(C=CCC32)C=4)CC1. The Morgan fingerprint density at radius 2 is 2.07 bits per heavy atom. The molecule has 1 fully saturated rings. The highest BCUT2D eigenvalue weighted by molar-refractivity contribution is 5.79. The smallest absolute Gasteiger partial charge is 0.248 e. The Balaban J connectivity index is 1.37. The monoisotopic (exact) mass is 366 g/mol. The van der Waals surface area contributed by atoms with Crippen LogP contribution in [0.1, 0.15) is 12.0 Å². The maximum absolute atomic E-state index is 12.7. The lowest BCUT2D eigenvalue weighted by atomic mass is 9.84. The zero-order valence-electron chi connectivity index (χ0n) is 15.7.